The highest BCUT2D eigenvalue weighted by Crippen LogP contribution is 2.27. The van der Waals surface area contributed by atoms with Crippen molar-refractivity contribution in [2.24, 2.45) is 0 Å². The molecule has 0 spiro atoms. The lowest BCUT2D eigenvalue weighted by Gasteiger charge is -2.32. The smallest absolute Gasteiger partial charge is 0.329 e. The summed E-state index contributed by atoms with van der Waals surface area (Å²) >= 11 is 0. The second kappa shape index (κ2) is 7.11. The average molecular weight is 298 g/mol. The number of carboxylic acids is 1. The van der Waals surface area contributed by atoms with Crippen molar-refractivity contribution in [1.82, 2.24) is 10.6 Å². The lowest BCUT2D eigenvalue weighted by molar-refractivity contribution is -0.145. The van der Waals surface area contributed by atoms with Crippen LogP contribution in [0.2, 0.25) is 0 Å². The van der Waals surface area contributed by atoms with Crippen LogP contribution in [-0.4, -0.2) is 39.9 Å². The van der Waals surface area contributed by atoms with Crippen LogP contribution in [0.4, 0.5) is 4.79 Å². The van der Waals surface area contributed by atoms with Crippen LogP contribution in [0.1, 0.15) is 64.2 Å². The Bertz CT molecular complexity index is 370. The summed E-state index contributed by atoms with van der Waals surface area (Å²) in [4.78, 5) is 23.8. The molecule has 0 unspecified atom stereocenters. The quantitative estimate of drug-likeness (QED) is 0.597. The third kappa shape index (κ3) is 4.33. The SMILES string of the molecule is O=C(NC1CCC(O)CC1)NC1(C(=O)O)CCCCCC1. The first-order chi connectivity index (χ1) is 10.0. The van der Waals surface area contributed by atoms with Gasteiger partial charge in [-0.3, -0.25) is 0 Å². The molecular weight excluding hydrogens is 272 g/mol. The van der Waals surface area contributed by atoms with Crippen LogP contribution in [0, 0.1) is 0 Å². The van der Waals surface area contributed by atoms with Gasteiger partial charge in [-0.05, 0) is 38.5 Å². The average Bonchev–Trinajstić information content (AvgIpc) is 2.68. The highest BCUT2D eigenvalue weighted by molar-refractivity contribution is 5.86. The van der Waals surface area contributed by atoms with Crippen molar-refractivity contribution < 1.29 is 19.8 Å². The first-order valence-corrected chi connectivity index (χ1v) is 8.02. The van der Waals surface area contributed by atoms with E-state index in [-0.39, 0.29) is 18.2 Å². The molecule has 2 amide bonds. The van der Waals surface area contributed by atoms with E-state index in [4.69, 9.17) is 0 Å². The van der Waals surface area contributed by atoms with E-state index >= 15 is 0 Å². The Labute approximate surface area is 125 Å². The van der Waals surface area contributed by atoms with Crippen LogP contribution in [0.5, 0.6) is 0 Å². The van der Waals surface area contributed by atoms with Crippen LogP contribution >= 0.6 is 0 Å². The van der Waals surface area contributed by atoms with Gasteiger partial charge in [0, 0.05) is 6.04 Å². The number of aliphatic hydroxyl groups is 1. The number of urea groups is 1. The number of carbonyl (C=O) groups is 2. The molecular formula is C15H26N2O4. The summed E-state index contributed by atoms with van der Waals surface area (Å²) in [6.07, 6.45) is 7.33. The van der Waals surface area contributed by atoms with Gasteiger partial charge in [0.05, 0.1) is 6.10 Å². The maximum atomic E-state index is 12.1. The number of carbonyl (C=O) groups excluding carboxylic acids is 1. The Hall–Kier alpha value is -1.30. The van der Waals surface area contributed by atoms with E-state index in [1.165, 1.54) is 0 Å². The van der Waals surface area contributed by atoms with E-state index in [0.29, 0.717) is 25.7 Å². The van der Waals surface area contributed by atoms with Crippen LogP contribution in [-0.2, 0) is 4.79 Å². The number of aliphatic hydroxyl groups excluding tert-OH is 1. The summed E-state index contributed by atoms with van der Waals surface area (Å²) in [5.41, 5.74) is -1.12. The molecule has 120 valence electrons. The van der Waals surface area contributed by atoms with Crippen LogP contribution in [0.3, 0.4) is 0 Å². The van der Waals surface area contributed by atoms with Gasteiger partial charge in [0.15, 0.2) is 0 Å². The Morgan fingerprint density at radius 3 is 2.05 bits per heavy atom. The van der Waals surface area contributed by atoms with Crippen molar-refractivity contribution in [3.8, 4) is 0 Å². The van der Waals surface area contributed by atoms with Gasteiger partial charge in [0.25, 0.3) is 0 Å². The molecule has 0 aromatic carbocycles. The standard InChI is InChI=1S/C15H26N2O4/c18-12-7-5-11(6-8-12)16-14(21)17-15(13(19)20)9-3-1-2-4-10-15/h11-12,18H,1-10H2,(H,19,20)(H2,16,17,21). The Morgan fingerprint density at radius 1 is 0.952 bits per heavy atom. The first-order valence-electron chi connectivity index (χ1n) is 8.02. The van der Waals surface area contributed by atoms with Crippen LogP contribution < -0.4 is 10.6 Å². The molecule has 0 heterocycles. The number of carboxylic acid groups (broad SMARTS) is 1. The lowest BCUT2D eigenvalue weighted by Crippen LogP contribution is -2.58. The number of hydrogen-bond acceptors (Lipinski definition) is 3. The number of aliphatic carboxylic acids is 1. The summed E-state index contributed by atoms with van der Waals surface area (Å²) in [5.74, 6) is -0.932. The van der Waals surface area contributed by atoms with Crippen LogP contribution in [0.15, 0.2) is 0 Å². The fourth-order valence-corrected chi connectivity index (χ4v) is 3.38. The Balaban J connectivity index is 1.90. The molecule has 21 heavy (non-hydrogen) atoms. The van der Waals surface area contributed by atoms with Gasteiger partial charge < -0.3 is 20.8 Å². The van der Waals surface area contributed by atoms with Gasteiger partial charge in [-0.15, -0.1) is 0 Å². The molecule has 6 nitrogen and oxygen atoms in total. The summed E-state index contributed by atoms with van der Waals surface area (Å²) in [6.45, 7) is 0. The van der Waals surface area contributed by atoms with Gasteiger partial charge >= 0.3 is 12.0 Å². The van der Waals surface area contributed by atoms with Crippen molar-refractivity contribution in [3.05, 3.63) is 0 Å². The van der Waals surface area contributed by atoms with Gasteiger partial charge in [-0.2, -0.15) is 0 Å². The van der Waals surface area contributed by atoms with Crippen LogP contribution in [0.25, 0.3) is 0 Å². The zero-order valence-corrected chi connectivity index (χ0v) is 12.4. The van der Waals surface area contributed by atoms with Gasteiger partial charge in [-0.25, -0.2) is 9.59 Å². The minimum atomic E-state index is -1.12. The second-order valence-corrected chi connectivity index (χ2v) is 6.41. The van der Waals surface area contributed by atoms with E-state index in [1.807, 2.05) is 0 Å². The summed E-state index contributed by atoms with van der Waals surface area (Å²) in [5, 5.41) is 24.6. The predicted molar refractivity (Wildman–Crippen MR) is 78.0 cm³/mol. The molecule has 2 aliphatic rings. The van der Waals surface area contributed by atoms with E-state index in [1.54, 1.807) is 0 Å². The summed E-state index contributed by atoms with van der Waals surface area (Å²) < 4.78 is 0. The molecule has 0 radical (unpaired) electrons. The Kier molecular flexibility index (Phi) is 5.45. The molecule has 2 fully saturated rings. The zero-order chi connectivity index (χ0) is 15.3. The molecule has 0 bridgehead atoms. The monoisotopic (exact) mass is 298 g/mol. The molecule has 0 aromatic heterocycles. The first kappa shape index (κ1) is 16.1. The summed E-state index contributed by atoms with van der Waals surface area (Å²) in [7, 11) is 0. The lowest BCUT2D eigenvalue weighted by atomic mass is 9.90. The van der Waals surface area contributed by atoms with Crippen molar-refractivity contribution in [3.63, 3.8) is 0 Å². The fourth-order valence-electron chi connectivity index (χ4n) is 3.38. The van der Waals surface area contributed by atoms with E-state index < -0.39 is 11.5 Å². The van der Waals surface area contributed by atoms with Gasteiger partial charge in [0.1, 0.15) is 5.54 Å². The van der Waals surface area contributed by atoms with Crippen molar-refractivity contribution >= 4 is 12.0 Å². The van der Waals surface area contributed by atoms with E-state index in [9.17, 15) is 19.8 Å². The molecule has 2 saturated carbocycles. The van der Waals surface area contributed by atoms with Gasteiger partial charge in [0.2, 0.25) is 0 Å². The van der Waals surface area contributed by atoms with Gasteiger partial charge in [-0.1, -0.05) is 25.7 Å². The predicted octanol–water partition coefficient (Wildman–Crippen LogP) is 1.77. The third-order valence-electron chi connectivity index (χ3n) is 4.75. The number of rotatable bonds is 3. The minimum Gasteiger partial charge on any atom is -0.480 e. The third-order valence-corrected chi connectivity index (χ3v) is 4.75. The highest BCUT2D eigenvalue weighted by atomic mass is 16.4. The number of amides is 2. The normalized spacial score (nSPS) is 29.2. The zero-order valence-electron chi connectivity index (χ0n) is 12.4. The molecule has 0 saturated heterocycles. The molecule has 0 atom stereocenters. The molecule has 4 N–H and O–H groups in total. The molecule has 6 heteroatoms. The Morgan fingerprint density at radius 2 is 1.52 bits per heavy atom. The topological polar surface area (TPSA) is 98.7 Å². The molecule has 2 rings (SSSR count). The van der Waals surface area contributed by atoms with E-state index in [2.05, 4.69) is 10.6 Å². The number of hydrogen-bond donors (Lipinski definition) is 4. The fraction of sp³-hybridized carbons (Fsp3) is 0.867. The molecule has 0 aliphatic heterocycles. The van der Waals surface area contributed by atoms with E-state index in [0.717, 1.165) is 38.5 Å². The highest BCUT2D eigenvalue weighted by Gasteiger charge is 2.40. The second-order valence-electron chi connectivity index (χ2n) is 6.41. The van der Waals surface area contributed by atoms with Crippen molar-refractivity contribution in [2.75, 3.05) is 0 Å². The number of nitrogens with one attached hydrogen (secondary N) is 2. The maximum absolute atomic E-state index is 12.1. The molecule has 2 aliphatic carbocycles. The minimum absolute atomic E-state index is 0.0324. The molecule has 0 aromatic rings. The largest absolute Gasteiger partial charge is 0.480 e. The maximum Gasteiger partial charge on any atom is 0.329 e. The summed E-state index contributed by atoms with van der Waals surface area (Å²) in [6, 6.07) is -0.356. The van der Waals surface area contributed by atoms with Crippen molar-refractivity contribution in [1.29, 1.82) is 0 Å². The van der Waals surface area contributed by atoms with Crippen molar-refractivity contribution in [2.45, 2.75) is 81.9 Å².